The van der Waals surface area contributed by atoms with Gasteiger partial charge in [0, 0.05) is 6.61 Å². The van der Waals surface area contributed by atoms with Crippen LogP contribution in [0.1, 0.15) is 111 Å². The molecule has 3 N–H and O–H groups in total. The molecule has 0 aromatic carbocycles. The minimum atomic E-state index is -1.18. The van der Waals surface area contributed by atoms with E-state index in [1.807, 2.05) is 6.92 Å². The van der Waals surface area contributed by atoms with Crippen molar-refractivity contribution in [2.45, 2.75) is 148 Å². The van der Waals surface area contributed by atoms with E-state index in [1.165, 1.54) is 38.5 Å². The third-order valence-corrected chi connectivity index (χ3v) is 6.35. The standard InChI is InChI=1S/C26H50O6/c1-5-9-10-11-12-13-14-15-18-30-21(17-7-3)25-23(28)24(29)26(22(19-27)32-25)31-20(8-4)16-6-2/h19-21,23-29H,5-18H2,1-4H3/b22-19-/t20?,21?,23-,24-,25?,26-/m1/s1. The lowest BCUT2D eigenvalue weighted by molar-refractivity contribution is -0.212. The van der Waals surface area contributed by atoms with Gasteiger partial charge in [0.2, 0.25) is 0 Å². The van der Waals surface area contributed by atoms with Gasteiger partial charge in [0.15, 0.2) is 11.9 Å². The van der Waals surface area contributed by atoms with Gasteiger partial charge in [-0.2, -0.15) is 0 Å². The number of ether oxygens (including phenoxy) is 3. The molecule has 1 aliphatic heterocycles. The molecule has 3 unspecified atom stereocenters. The largest absolute Gasteiger partial charge is 0.512 e. The van der Waals surface area contributed by atoms with Crippen LogP contribution in [0.5, 0.6) is 0 Å². The van der Waals surface area contributed by atoms with E-state index in [-0.39, 0.29) is 18.0 Å². The zero-order chi connectivity index (χ0) is 23.8. The lowest BCUT2D eigenvalue weighted by Gasteiger charge is -2.42. The van der Waals surface area contributed by atoms with E-state index in [0.29, 0.717) is 13.0 Å². The summed E-state index contributed by atoms with van der Waals surface area (Å²) in [5, 5.41) is 31.4. The van der Waals surface area contributed by atoms with Crippen molar-refractivity contribution in [3.05, 3.63) is 12.0 Å². The van der Waals surface area contributed by atoms with Crippen molar-refractivity contribution < 1.29 is 29.5 Å². The lowest BCUT2D eigenvalue weighted by atomic mass is 9.92. The highest BCUT2D eigenvalue weighted by Crippen LogP contribution is 2.31. The van der Waals surface area contributed by atoms with Gasteiger partial charge >= 0.3 is 0 Å². The van der Waals surface area contributed by atoms with E-state index in [2.05, 4.69) is 20.8 Å². The molecule has 0 saturated carbocycles. The van der Waals surface area contributed by atoms with Gasteiger partial charge < -0.3 is 29.5 Å². The fourth-order valence-corrected chi connectivity index (χ4v) is 4.38. The van der Waals surface area contributed by atoms with Crippen LogP contribution < -0.4 is 0 Å². The van der Waals surface area contributed by atoms with E-state index in [4.69, 9.17) is 14.2 Å². The highest BCUT2D eigenvalue weighted by atomic mass is 16.6. The second kappa shape index (κ2) is 17.6. The fourth-order valence-electron chi connectivity index (χ4n) is 4.38. The van der Waals surface area contributed by atoms with Gasteiger partial charge in [-0.05, 0) is 25.7 Å². The smallest absolute Gasteiger partial charge is 0.162 e. The first kappa shape index (κ1) is 29.2. The summed E-state index contributed by atoms with van der Waals surface area (Å²) in [5.41, 5.74) is 0. The van der Waals surface area contributed by atoms with Crippen molar-refractivity contribution in [3.8, 4) is 0 Å². The number of aliphatic hydroxyl groups is 3. The third-order valence-electron chi connectivity index (χ3n) is 6.35. The van der Waals surface area contributed by atoms with Crippen LogP contribution in [0.3, 0.4) is 0 Å². The van der Waals surface area contributed by atoms with E-state index in [0.717, 1.165) is 44.8 Å². The Hall–Kier alpha value is -0.820. The molecule has 1 fully saturated rings. The number of aliphatic hydroxyl groups excluding tert-OH is 3. The topological polar surface area (TPSA) is 88.4 Å². The first-order chi connectivity index (χ1) is 15.5. The quantitative estimate of drug-likeness (QED) is 0.178. The fraction of sp³-hybridized carbons (Fsp3) is 0.923. The highest BCUT2D eigenvalue weighted by Gasteiger charge is 2.47. The van der Waals surface area contributed by atoms with Crippen LogP contribution in [0.4, 0.5) is 0 Å². The van der Waals surface area contributed by atoms with E-state index >= 15 is 0 Å². The molecular weight excluding hydrogens is 408 g/mol. The van der Waals surface area contributed by atoms with Crippen molar-refractivity contribution >= 4 is 0 Å². The van der Waals surface area contributed by atoms with Gasteiger partial charge in [-0.25, -0.2) is 0 Å². The Bertz CT molecular complexity index is 483. The van der Waals surface area contributed by atoms with Gasteiger partial charge in [-0.1, -0.05) is 85.5 Å². The first-order valence-corrected chi connectivity index (χ1v) is 13.2. The molecule has 1 aliphatic rings. The third kappa shape index (κ3) is 9.98. The SMILES string of the molecule is CCCCCCCCCCOC(CCC)C1O/C(=C\O)[C@@H](OC(CC)CCC)[C@H](O)[C@H]1O. The minimum Gasteiger partial charge on any atom is -0.512 e. The molecule has 0 bridgehead atoms. The van der Waals surface area contributed by atoms with Crippen LogP contribution in [0.2, 0.25) is 0 Å². The molecule has 0 spiro atoms. The molecule has 0 aromatic rings. The van der Waals surface area contributed by atoms with Crippen LogP contribution in [0, 0.1) is 0 Å². The number of rotatable bonds is 18. The monoisotopic (exact) mass is 458 g/mol. The molecule has 6 nitrogen and oxygen atoms in total. The summed E-state index contributed by atoms with van der Waals surface area (Å²) in [6, 6.07) is 0. The van der Waals surface area contributed by atoms with Crippen molar-refractivity contribution in [1.29, 1.82) is 0 Å². The normalized spacial score (nSPS) is 26.8. The molecule has 190 valence electrons. The molecule has 0 aliphatic carbocycles. The average Bonchev–Trinajstić information content (AvgIpc) is 2.80. The van der Waals surface area contributed by atoms with Crippen LogP contribution in [-0.2, 0) is 14.2 Å². The van der Waals surface area contributed by atoms with Gasteiger partial charge in [0.05, 0.1) is 12.2 Å². The molecule has 6 heteroatoms. The van der Waals surface area contributed by atoms with Crippen LogP contribution in [-0.4, -0.2) is 58.6 Å². The van der Waals surface area contributed by atoms with Gasteiger partial charge in [-0.3, -0.25) is 0 Å². The molecule has 0 amide bonds. The predicted molar refractivity (Wildman–Crippen MR) is 129 cm³/mol. The summed E-state index contributed by atoms with van der Waals surface area (Å²) >= 11 is 0. The summed E-state index contributed by atoms with van der Waals surface area (Å²) in [6.45, 7) is 9.00. The minimum absolute atomic E-state index is 0.0633. The van der Waals surface area contributed by atoms with Gasteiger partial charge in [0.1, 0.15) is 24.6 Å². The van der Waals surface area contributed by atoms with Crippen molar-refractivity contribution in [2.24, 2.45) is 0 Å². The Morgan fingerprint density at radius 3 is 2.03 bits per heavy atom. The van der Waals surface area contributed by atoms with E-state index < -0.39 is 24.4 Å². The summed E-state index contributed by atoms with van der Waals surface area (Å²) in [7, 11) is 0. The summed E-state index contributed by atoms with van der Waals surface area (Å²) < 4.78 is 18.1. The summed E-state index contributed by atoms with van der Waals surface area (Å²) in [4.78, 5) is 0. The molecule has 0 radical (unpaired) electrons. The molecular formula is C26H50O6. The molecule has 1 rings (SSSR count). The molecule has 1 heterocycles. The number of hydrogen-bond donors (Lipinski definition) is 3. The Kier molecular flexibility index (Phi) is 16.1. The second-order valence-corrected chi connectivity index (χ2v) is 9.14. The second-order valence-electron chi connectivity index (χ2n) is 9.14. The van der Waals surface area contributed by atoms with E-state index in [1.54, 1.807) is 0 Å². The summed E-state index contributed by atoms with van der Waals surface area (Å²) in [5.74, 6) is 0.166. The van der Waals surface area contributed by atoms with Crippen LogP contribution >= 0.6 is 0 Å². The summed E-state index contributed by atoms with van der Waals surface area (Å²) in [6.07, 6.45) is 10.5. The lowest BCUT2D eigenvalue weighted by Crippen LogP contribution is -2.57. The maximum absolute atomic E-state index is 10.8. The van der Waals surface area contributed by atoms with Gasteiger partial charge in [0.25, 0.3) is 0 Å². The predicted octanol–water partition coefficient (Wildman–Crippen LogP) is 5.80. The van der Waals surface area contributed by atoms with Crippen LogP contribution in [0.15, 0.2) is 12.0 Å². The zero-order valence-corrected chi connectivity index (χ0v) is 21.0. The maximum Gasteiger partial charge on any atom is 0.162 e. The molecule has 6 atom stereocenters. The molecule has 32 heavy (non-hydrogen) atoms. The number of hydrogen-bond acceptors (Lipinski definition) is 6. The highest BCUT2D eigenvalue weighted by molar-refractivity contribution is 5.09. The van der Waals surface area contributed by atoms with Crippen molar-refractivity contribution in [3.63, 3.8) is 0 Å². The van der Waals surface area contributed by atoms with Crippen LogP contribution in [0.25, 0.3) is 0 Å². The number of unbranched alkanes of at least 4 members (excludes halogenated alkanes) is 7. The molecule has 0 aromatic heterocycles. The zero-order valence-electron chi connectivity index (χ0n) is 21.0. The Morgan fingerprint density at radius 2 is 1.47 bits per heavy atom. The molecule has 1 saturated heterocycles. The van der Waals surface area contributed by atoms with Gasteiger partial charge in [-0.15, -0.1) is 0 Å². The van der Waals surface area contributed by atoms with E-state index in [9.17, 15) is 15.3 Å². The Balaban J connectivity index is 2.59. The maximum atomic E-state index is 10.8. The van der Waals surface area contributed by atoms with Crippen molar-refractivity contribution in [1.82, 2.24) is 0 Å². The Labute approximate surface area is 196 Å². The first-order valence-electron chi connectivity index (χ1n) is 13.2. The average molecular weight is 459 g/mol. The van der Waals surface area contributed by atoms with Crippen molar-refractivity contribution in [2.75, 3.05) is 6.61 Å². The Morgan fingerprint density at radius 1 is 0.844 bits per heavy atom.